The van der Waals surface area contributed by atoms with Crippen LogP contribution in [0.15, 0.2) is 0 Å². The van der Waals surface area contributed by atoms with E-state index in [1.807, 2.05) is 12.5 Å². The quantitative estimate of drug-likeness (QED) is 0.477. The highest BCUT2D eigenvalue weighted by molar-refractivity contribution is 7.98. The molecule has 0 amide bonds. The standard InChI is InChI=1S/C19H34O4S2/c1-5-19(6-2,23-18(21)12-14-25-4)15-7-9-16(10-8-15)22-17(20)11-13-24-3/h15-16H,5-14H2,1-4H3. The first-order valence-corrected chi connectivity index (χ1v) is 12.2. The highest BCUT2D eigenvalue weighted by Crippen LogP contribution is 2.40. The van der Waals surface area contributed by atoms with Gasteiger partial charge >= 0.3 is 11.9 Å². The van der Waals surface area contributed by atoms with Crippen molar-refractivity contribution in [2.75, 3.05) is 24.0 Å². The first kappa shape index (κ1) is 22.7. The lowest BCUT2D eigenvalue weighted by Gasteiger charge is -2.42. The molecule has 0 atom stereocenters. The Morgan fingerprint density at radius 1 is 0.920 bits per heavy atom. The summed E-state index contributed by atoms with van der Waals surface area (Å²) in [6, 6.07) is 0. The van der Waals surface area contributed by atoms with Gasteiger partial charge in [-0.3, -0.25) is 9.59 Å². The average Bonchev–Trinajstić information content (AvgIpc) is 2.63. The van der Waals surface area contributed by atoms with E-state index in [2.05, 4.69) is 13.8 Å². The maximum atomic E-state index is 12.2. The van der Waals surface area contributed by atoms with E-state index in [-0.39, 0.29) is 23.6 Å². The van der Waals surface area contributed by atoms with Gasteiger partial charge in [0.15, 0.2) is 0 Å². The van der Waals surface area contributed by atoms with Crippen LogP contribution >= 0.6 is 23.5 Å². The molecule has 0 heterocycles. The van der Waals surface area contributed by atoms with Gasteiger partial charge in [-0.25, -0.2) is 0 Å². The van der Waals surface area contributed by atoms with Crippen molar-refractivity contribution >= 4 is 35.5 Å². The Balaban J connectivity index is 2.55. The molecule has 0 radical (unpaired) electrons. The monoisotopic (exact) mass is 390 g/mol. The van der Waals surface area contributed by atoms with E-state index in [0.717, 1.165) is 50.0 Å². The molecule has 1 aliphatic carbocycles. The molecule has 0 aromatic rings. The van der Waals surface area contributed by atoms with Crippen LogP contribution in [0.5, 0.6) is 0 Å². The lowest BCUT2D eigenvalue weighted by Crippen LogP contribution is -2.44. The molecule has 1 aliphatic rings. The van der Waals surface area contributed by atoms with Crippen molar-refractivity contribution in [3.05, 3.63) is 0 Å². The molecule has 4 nitrogen and oxygen atoms in total. The molecule has 25 heavy (non-hydrogen) atoms. The first-order valence-electron chi connectivity index (χ1n) is 9.40. The lowest BCUT2D eigenvalue weighted by atomic mass is 9.73. The number of hydrogen-bond acceptors (Lipinski definition) is 6. The van der Waals surface area contributed by atoms with Gasteiger partial charge in [0.05, 0.1) is 12.8 Å². The number of esters is 2. The van der Waals surface area contributed by atoms with E-state index in [0.29, 0.717) is 18.8 Å². The number of carbonyl (C=O) groups excluding carboxylic acids is 2. The van der Waals surface area contributed by atoms with Gasteiger partial charge in [-0.1, -0.05) is 13.8 Å². The third-order valence-corrected chi connectivity index (χ3v) is 6.48. The van der Waals surface area contributed by atoms with Crippen molar-refractivity contribution in [1.29, 1.82) is 0 Å². The van der Waals surface area contributed by atoms with Crippen LogP contribution in [0.1, 0.15) is 65.2 Å². The fourth-order valence-corrected chi connectivity index (χ4v) is 4.40. The molecule has 0 aliphatic heterocycles. The van der Waals surface area contributed by atoms with Crippen LogP contribution in [0, 0.1) is 5.92 Å². The third-order valence-electron chi connectivity index (χ3n) is 5.25. The molecule has 0 spiro atoms. The molecule has 1 fully saturated rings. The van der Waals surface area contributed by atoms with E-state index in [9.17, 15) is 9.59 Å². The van der Waals surface area contributed by atoms with E-state index in [4.69, 9.17) is 9.47 Å². The van der Waals surface area contributed by atoms with Crippen molar-refractivity contribution in [3.63, 3.8) is 0 Å². The molecule has 146 valence electrons. The highest BCUT2D eigenvalue weighted by Gasteiger charge is 2.41. The van der Waals surface area contributed by atoms with E-state index >= 15 is 0 Å². The molecule has 6 heteroatoms. The van der Waals surface area contributed by atoms with Crippen LogP contribution in [0.4, 0.5) is 0 Å². The maximum Gasteiger partial charge on any atom is 0.307 e. The van der Waals surface area contributed by atoms with E-state index in [1.165, 1.54) is 0 Å². The van der Waals surface area contributed by atoms with E-state index < -0.39 is 0 Å². The molecule has 1 rings (SSSR count). The Bertz CT molecular complexity index is 402. The number of thioether (sulfide) groups is 2. The Hall–Kier alpha value is -0.360. The lowest BCUT2D eigenvalue weighted by molar-refractivity contribution is -0.171. The summed E-state index contributed by atoms with van der Waals surface area (Å²) >= 11 is 3.33. The number of rotatable bonds is 11. The predicted molar refractivity (Wildman–Crippen MR) is 107 cm³/mol. The van der Waals surface area contributed by atoms with Gasteiger partial charge in [0.2, 0.25) is 0 Å². The van der Waals surface area contributed by atoms with Crippen molar-refractivity contribution in [2.45, 2.75) is 76.9 Å². The van der Waals surface area contributed by atoms with E-state index in [1.54, 1.807) is 23.5 Å². The summed E-state index contributed by atoms with van der Waals surface area (Å²) in [5.74, 6) is 1.82. The normalized spacial score (nSPS) is 21.0. The number of hydrogen-bond donors (Lipinski definition) is 0. The summed E-state index contributed by atoms with van der Waals surface area (Å²) in [5, 5.41) is 0. The summed E-state index contributed by atoms with van der Waals surface area (Å²) in [4.78, 5) is 24.0. The average molecular weight is 391 g/mol. The zero-order chi connectivity index (χ0) is 18.7. The zero-order valence-electron chi connectivity index (χ0n) is 16.2. The van der Waals surface area contributed by atoms with Gasteiger partial charge in [0.25, 0.3) is 0 Å². The fourth-order valence-electron chi connectivity index (χ4n) is 3.66. The van der Waals surface area contributed by atoms with Crippen molar-refractivity contribution in [1.82, 2.24) is 0 Å². The fraction of sp³-hybridized carbons (Fsp3) is 0.895. The summed E-state index contributed by atoms with van der Waals surface area (Å²) in [7, 11) is 0. The minimum atomic E-state index is -0.358. The Morgan fingerprint density at radius 2 is 1.44 bits per heavy atom. The van der Waals surface area contributed by atoms with Crippen LogP contribution in [-0.4, -0.2) is 47.7 Å². The minimum absolute atomic E-state index is 0.0317. The molecule has 0 saturated heterocycles. The molecule has 1 saturated carbocycles. The van der Waals surface area contributed by atoms with Gasteiger partial charge in [-0.15, -0.1) is 0 Å². The largest absolute Gasteiger partial charge is 0.462 e. The molecule has 0 bridgehead atoms. The highest BCUT2D eigenvalue weighted by atomic mass is 32.2. The minimum Gasteiger partial charge on any atom is -0.462 e. The summed E-state index contributed by atoms with van der Waals surface area (Å²) in [6.45, 7) is 4.22. The third kappa shape index (κ3) is 7.41. The second kappa shape index (κ2) is 12.1. The van der Waals surface area contributed by atoms with Crippen LogP contribution < -0.4 is 0 Å². The molecule has 0 N–H and O–H groups in total. The first-order chi connectivity index (χ1) is 12.0. The van der Waals surface area contributed by atoms with Crippen LogP contribution in [0.25, 0.3) is 0 Å². The van der Waals surface area contributed by atoms with Crippen LogP contribution in [0.3, 0.4) is 0 Å². The van der Waals surface area contributed by atoms with Gasteiger partial charge in [0, 0.05) is 11.5 Å². The zero-order valence-corrected chi connectivity index (χ0v) is 17.8. The van der Waals surface area contributed by atoms with Gasteiger partial charge in [-0.2, -0.15) is 23.5 Å². The SMILES string of the molecule is CCC(CC)(OC(=O)CCSC)C1CCC(OC(=O)CCSC)CC1. The van der Waals surface area contributed by atoms with Gasteiger partial charge in [-0.05, 0) is 57.0 Å². The van der Waals surface area contributed by atoms with Crippen LogP contribution in [-0.2, 0) is 19.1 Å². The van der Waals surface area contributed by atoms with Crippen molar-refractivity contribution in [2.24, 2.45) is 5.92 Å². The Morgan fingerprint density at radius 3 is 1.92 bits per heavy atom. The second-order valence-corrected chi connectivity index (χ2v) is 8.67. The van der Waals surface area contributed by atoms with Crippen LogP contribution in [0.2, 0.25) is 0 Å². The molecule has 0 unspecified atom stereocenters. The van der Waals surface area contributed by atoms with Gasteiger partial charge in [0.1, 0.15) is 11.7 Å². The summed E-state index contributed by atoms with van der Waals surface area (Å²) in [5.41, 5.74) is -0.358. The van der Waals surface area contributed by atoms with Crippen molar-refractivity contribution in [3.8, 4) is 0 Å². The van der Waals surface area contributed by atoms with Crippen molar-refractivity contribution < 1.29 is 19.1 Å². The Kier molecular flexibility index (Phi) is 11.0. The smallest absolute Gasteiger partial charge is 0.307 e. The molecule has 0 aromatic carbocycles. The molecule has 0 aromatic heterocycles. The maximum absolute atomic E-state index is 12.2. The van der Waals surface area contributed by atoms with Gasteiger partial charge < -0.3 is 9.47 Å². The molecular formula is C19H34O4S2. The number of carbonyl (C=O) groups is 2. The summed E-state index contributed by atoms with van der Waals surface area (Å²) in [6.07, 6.45) is 10.3. The molecular weight excluding hydrogens is 356 g/mol. The topological polar surface area (TPSA) is 52.6 Å². The Labute approximate surface area is 161 Å². The predicted octanol–water partition coefficient (Wildman–Crippen LogP) is 4.70. The second-order valence-electron chi connectivity index (χ2n) is 6.70. The summed E-state index contributed by atoms with van der Waals surface area (Å²) < 4.78 is 11.6. The number of ether oxygens (including phenoxy) is 2.